The van der Waals surface area contributed by atoms with E-state index in [4.69, 9.17) is 0 Å². The molecule has 0 atom stereocenters. The highest BCUT2D eigenvalue weighted by atomic mass is 79.9. The molecule has 0 radical (unpaired) electrons. The molecule has 3 heteroatoms. The second-order valence-electron chi connectivity index (χ2n) is 3.88. The lowest BCUT2D eigenvalue weighted by atomic mass is 10.1. The fourth-order valence-electron chi connectivity index (χ4n) is 1.64. The summed E-state index contributed by atoms with van der Waals surface area (Å²) in [7, 11) is 0. The zero-order valence-electron chi connectivity index (χ0n) is 9.79. The Bertz CT molecular complexity index is 557. The van der Waals surface area contributed by atoms with Crippen LogP contribution >= 0.6 is 27.3 Å². The van der Waals surface area contributed by atoms with Crippen molar-refractivity contribution in [3.05, 3.63) is 45.2 Å². The predicted octanol–water partition coefficient (Wildman–Crippen LogP) is 5.08. The molecule has 1 aromatic carbocycles. The van der Waals surface area contributed by atoms with E-state index in [9.17, 15) is 4.79 Å². The molecule has 0 aliphatic heterocycles. The van der Waals surface area contributed by atoms with Crippen molar-refractivity contribution in [3.8, 4) is 10.4 Å². The summed E-state index contributed by atoms with van der Waals surface area (Å²) in [5.74, 6) is 0.213. The molecule has 0 amide bonds. The molecule has 0 aliphatic rings. The van der Waals surface area contributed by atoms with Crippen LogP contribution in [0.5, 0.6) is 0 Å². The molecule has 2 rings (SSSR count). The van der Waals surface area contributed by atoms with Crippen molar-refractivity contribution in [1.29, 1.82) is 0 Å². The van der Waals surface area contributed by atoms with Crippen LogP contribution in [0.1, 0.15) is 28.6 Å². The summed E-state index contributed by atoms with van der Waals surface area (Å²) in [5, 5.41) is 0. The third-order valence-corrected chi connectivity index (χ3v) is 4.87. The molecule has 2 aromatic rings. The smallest absolute Gasteiger partial charge is 0.172 e. The number of thiophene rings is 1. The van der Waals surface area contributed by atoms with Gasteiger partial charge in [0.15, 0.2) is 5.78 Å². The number of benzene rings is 1. The molecular formula is C14H13BrOS. The molecule has 1 heterocycles. The lowest BCUT2D eigenvalue weighted by Crippen LogP contribution is -1.90. The summed E-state index contributed by atoms with van der Waals surface area (Å²) in [4.78, 5) is 13.6. The average molecular weight is 309 g/mol. The summed E-state index contributed by atoms with van der Waals surface area (Å²) in [5.41, 5.74) is 2.37. The van der Waals surface area contributed by atoms with Gasteiger partial charge in [0, 0.05) is 21.3 Å². The Morgan fingerprint density at radius 2 is 2.06 bits per heavy atom. The Kier molecular flexibility index (Phi) is 3.79. The highest BCUT2D eigenvalue weighted by Gasteiger charge is 2.11. The standard InChI is InChI=1S/C14H13BrOS/c1-3-11(16)13-8-7-12(17-13)10-6-4-5-9(2)14(10)15/h4-8H,3H2,1-2H3. The van der Waals surface area contributed by atoms with E-state index < -0.39 is 0 Å². The third kappa shape index (κ3) is 2.50. The molecular weight excluding hydrogens is 296 g/mol. The fourth-order valence-corrected chi connectivity index (χ4v) is 3.30. The molecule has 1 nitrogen and oxygen atoms in total. The molecule has 0 spiro atoms. The summed E-state index contributed by atoms with van der Waals surface area (Å²) < 4.78 is 1.11. The van der Waals surface area contributed by atoms with Crippen molar-refractivity contribution in [2.45, 2.75) is 20.3 Å². The first-order chi connectivity index (χ1) is 8.13. The van der Waals surface area contributed by atoms with Crippen LogP contribution in [-0.2, 0) is 0 Å². The third-order valence-electron chi connectivity index (χ3n) is 2.66. The van der Waals surface area contributed by atoms with Crippen molar-refractivity contribution in [3.63, 3.8) is 0 Å². The van der Waals surface area contributed by atoms with Crippen molar-refractivity contribution >= 4 is 33.0 Å². The number of carbonyl (C=O) groups is 1. The van der Waals surface area contributed by atoms with E-state index in [1.807, 2.05) is 25.1 Å². The monoisotopic (exact) mass is 308 g/mol. The van der Waals surface area contributed by atoms with E-state index in [0.717, 1.165) is 19.8 Å². The van der Waals surface area contributed by atoms with Crippen LogP contribution < -0.4 is 0 Å². The number of Topliss-reactive ketones (excluding diaryl/α,β-unsaturated/α-hetero) is 1. The van der Waals surface area contributed by atoms with Crippen LogP contribution in [0.25, 0.3) is 10.4 Å². The Morgan fingerprint density at radius 1 is 1.29 bits per heavy atom. The molecule has 17 heavy (non-hydrogen) atoms. The van der Waals surface area contributed by atoms with Gasteiger partial charge in [-0.05, 0) is 40.5 Å². The number of hydrogen-bond donors (Lipinski definition) is 0. The van der Waals surface area contributed by atoms with Crippen LogP contribution in [0.15, 0.2) is 34.8 Å². The van der Waals surface area contributed by atoms with Crippen LogP contribution in [0, 0.1) is 6.92 Å². The average Bonchev–Trinajstić information content (AvgIpc) is 2.81. The number of rotatable bonds is 3. The maximum Gasteiger partial charge on any atom is 0.172 e. The predicted molar refractivity (Wildman–Crippen MR) is 76.8 cm³/mol. The molecule has 0 bridgehead atoms. The lowest BCUT2D eigenvalue weighted by molar-refractivity contribution is 0.0992. The Labute approximate surface area is 114 Å². The number of aryl methyl sites for hydroxylation is 1. The molecule has 88 valence electrons. The Morgan fingerprint density at radius 3 is 2.76 bits per heavy atom. The van der Waals surface area contributed by atoms with Gasteiger partial charge in [0.05, 0.1) is 4.88 Å². The van der Waals surface area contributed by atoms with E-state index in [0.29, 0.717) is 6.42 Å². The first-order valence-corrected chi connectivity index (χ1v) is 7.13. The molecule has 0 unspecified atom stereocenters. The quantitative estimate of drug-likeness (QED) is 0.723. The minimum Gasteiger partial charge on any atom is -0.293 e. The second kappa shape index (κ2) is 5.15. The van der Waals surface area contributed by atoms with Gasteiger partial charge in [0.1, 0.15) is 0 Å². The zero-order valence-corrected chi connectivity index (χ0v) is 12.2. The minimum atomic E-state index is 0.213. The summed E-state index contributed by atoms with van der Waals surface area (Å²) >= 11 is 5.16. The number of ketones is 1. The lowest BCUT2D eigenvalue weighted by Gasteiger charge is -2.04. The maximum absolute atomic E-state index is 11.6. The normalized spacial score (nSPS) is 10.5. The Hall–Kier alpha value is -0.930. The van der Waals surface area contributed by atoms with E-state index >= 15 is 0 Å². The van der Waals surface area contributed by atoms with Gasteiger partial charge in [-0.25, -0.2) is 0 Å². The van der Waals surface area contributed by atoms with Crippen LogP contribution in [0.2, 0.25) is 0 Å². The van der Waals surface area contributed by atoms with Crippen molar-refractivity contribution in [2.75, 3.05) is 0 Å². The number of carbonyl (C=O) groups excluding carboxylic acids is 1. The minimum absolute atomic E-state index is 0.213. The van der Waals surface area contributed by atoms with E-state index in [-0.39, 0.29) is 5.78 Å². The Balaban J connectivity index is 2.44. The van der Waals surface area contributed by atoms with Crippen LogP contribution in [0.3, 0.4) is 0 Å². The van der Waals surface area contributed by atoms with E-state index in [1.165, 1.54) is 5.56 Å². The largest absolute Gasteiger partial charge is 0.293 e. The molecule has 0 N–H and O–H groups in total. The summed E-state index contributed by atoms with van der Waals surface area (Å²) in [6, 6.07) is 10.1. The number of hydrogen-bond acceptors (Lipinski definition) is 2. The molecule has 0 aliphatic carbocycles. The number of halogens is 1. The van der Waals surface area contributed by atoms with Gasteiger partial charge in [-0.1, -0.05) is 25.1 Å². The maximum atomic E-state index is 11.6. The summed E-state index contributed by atoms with van der Waals surface area (Å²) in [6.07, 6.45) is 0.564. The highest BCUT2D eigenvalue weighted by molar-refractivity contribution is 9.10. The fraction of sp³-hybridized carbons (Fsp3) is 0.214. The second-order valence-corrected chi connectivity index (χ2v) is 5.75. The molecule has 1 aromatic heterocycles. The van der Waals surface area contributed by atoms with Gasteiger partial charge in [-0.3, -0.25) is 4.79 Å². The van der Waals surface area contributed by atoms with Gasteiger partial charge in [0.2, 0.25) is 0 Å². The van der Waals surface area contributed by atoms with E-state index in [1.54, 1.807) is 11.3 Å². The van der Waals surface area contributed by atoms with Gasteiger partial charge < -0.3 is 0 Å². The first kappa shape index (κ1) is 12.5. The topological polar surface area (TPSA) is 17.1 Å². The van der Waals surface area contributed by atoms with Crippen molar-refractivity contribution in [2.24, 2.45) is 0 Å². The molecule has 0 fully saturated rings. The zero-order chi connectivity index (χ0) is 12.4. The van der Waals surface area contributed by atoms with Gasteiger partial charge in [0.25, 0.3) is 0 Å². The van der Waals surface area contributed by atoms with Gasteiger partial charge in [-0.2, -0.15) is 0 Å². The van der Waals surface area contributed by atoms with E-state index in [2.05, 4.69) is 35.0 Å². The SMILES string of the molecule is CCC(=O)c1ccc(-c2cccc(C)c2Br)s1. The molecule has 0 saturated carbocycles. The highest BCUT2D eigenvalue weighted by Crippen LogP contribution is 2.35. The first-order valence-electron chi connectivity index (χ1n) is 5.52. The molecule has 0 saturated heterocycles. The summed E-state index contributed by atoms with van der Waals surface area (Å²) in [6.45, 7) is 3.96. The van der Waals surface area contributed by atoms with Crippen LogP contribution in [-0.4, -0.2) is 5.78 Å². The van der Waals surface area contributed by atoms with Crippen molar-refractivity contribution in [1.82, 2.24) is 0 Å². The van der Waals surface area contributed by atoms with Crippen molar-refractivity contribution < 1.29 is 4.79 Å². The van der Waals surface area contributed by atoms with Gasteiger partial charge in [-0.15, -0.1) is 11.3 Å². The van der Waals surface area contributed by atoms with Crippen LogP contribution in [0.4, 0.5) is 0 Å². The van der Waals surface area contributed by atoms with Gasteiger partial charge >= 0.3 is 0 Å².